The molecule has 7 nitrogen and oxygen atoms in total. The SMILES string of the molecule is CCOC1CCCN(C(=O)c2cccnc2-n2cncn2)C1. The monoisotopic (exact) mass is 301 g/mol. The lowest BCUT2D eigenvalue weighted by Crippen LogP contribution is -2.43. The molecule has 0 aliphatic carbocycles. The molecule has 0 N–H and O–H groups in total. The van der Waals surface area contributed by atoms with Crippen molar-refractivity contribution in [2.45, 2.75) is 25.9 Å². The molecule has 116 valence electrons. The summed E-state index contributed by atoms with van der Waals surface area (Å²) in [5, 5.41) is 4.07. The van der Waals surface area contributed by atoms with Crippen LogP contribution in [0, 0.1) is 0 Å². The molecule has 0 bridgehead atoms. The molecule has 1 saturated heterocycles. The van der Waals surface area contributed by atoms with E-state index in [0.29, 0.717) is 24.5 Å². The van der Waals surface area contributed by atoms with Crippen LogP contribution in [0.3, 0.4) is 0 Å². The van der Waals surface area contributed by atoms with E-state index in [4.69, 9.17) is 4.74 Å². The Kier molecular flexibility index (Phi) is 4.43. The number of hydrogen-bond acceptors (Lipinski definition) is 5. The zero-order chi connectivity index (χ0) is 15.4. The van der Waals surface area contributed by atoms with E-state index >= 15 is 0 Å². The highest BCUT2D eigenvalue weighted by Gasteiger charge is 2.26. The van der Waals surface area contributed by atoms with Crippen molar-refractivity contribution >= 4 is 5.91 Å². The minimum atomic E-state index is -0.0389. The van der Waals surface area contributed by atoms with Crippen molar-refractivity contribution in [1.29, 1.82) is 0 Å². The van der Waals surface area contributed by atoms with Gasteiger partial charge in [-0.15, -0.1) is 0 Å². The summed E-state index contributed by atoms with van der Waals surface area (Å²) in [6.07, 6.45) is 6.69. The first-order chi connectivity index (χ1) is 10.8. The first-order valence-corrected chi connectivity index (χ1v) is 7.50. The molecule has 22 heavy (non-hydrogen) atoms. The molecular weight excluding hydrogens is 282 g/mol. The maximum Gasteiger partial charge on any atom is 0.257 e. The maximum atomic E-state index is 12.8. The average molecular weight is 301 g/mol. The van der Waals surface area contributed by atoms with Crippen molar-refractivity contribution in [2.24, 2.45) is 0 Å². The van der Waals surface area contributed by atoms with Gasteiger partial charge in [-0.25, -0.2) is 14.6 Å². The predicted octanol–water partition coefficient (Wildman–Crippen LogP) is 1.30. The molecule has 1 unspecified atom stereocenters. The van der Waals surface area contributed by atoms with E-state index in [1.807, 2.05) is 11.8 Å². The highest BCUT2D eigenvalue weighted by Crippen LogP contribution is 2.18. The zero-order valence-corrected chi connectivity index (χ0v) is 12.6. The minimum Gasteiger partial charge on any atom is -0.377 e. The molecule has 7 heteroatoms. The number of carbonyl (C=O) groups excluding carboxylic acids is 1. The third kappa shape index (κ3) is 2.99. The number of rotatable bonds is 4. The van der Waals surface area contributed by atoms with Crippen molar-refractivity contribution in [3.63, 3.8) is 0 Å². The molecule has 2 aromatic heterocycles. The fourth-order valence-corrected chi connectivity index (χ4v) is 2.73. The number of aromatic nitrogens is 4. The minimum absolute atomic E-state index is 0.0389. The number of pyridine rings is 1. The third-order valence-electron chi connectivity index (χ3n) is 3.72. The summed E-state index contributed by atoms with van der Waals surface area (Å²) in [6, 6.07) is 3.54. The second-order valence-electron chi connectivity index (χ2n) is 5.19. The van der Waals surface area contributed by atoms with Gasteiger partial charge in [0.25, 0.3) is 5.91 Å². The van der Waals surface area contributed by atoms with Gasteiger partial charge in [0.15, 0.2) is 5.82 Å². The molecule has 0 saturated carbocycles. The highest BCUT2D eigenvalue weighted by atomic mass is 16.5. The van der Waals surface area contributed by atoms with Crippen molar-refractivity contribution in [3.8, 4) is 5.82 Å². The van der Waals surface area contributed by atoms with Gasteiger partial charge in [-0.05, 0) is 31.9 Å². The van der Waals surface area contributed by atoms with E-state index in [-0.39, 0.29) is 12.0 Å². The van der Waals surface area contributed by atoms with Gasteiger partial charge in [0.2, 0.25) is 0 Å². The number of ether oxygens (including phenoxy) is 1. The highest BCUT2D eigenvalue weighted by molar-refractivity contribution is 5.97. The largest absolute Gasteiger partial charge is 0.377 e. The Labute approximate surface area is 128 Å². The quantitative estimate of drug-likeness (QED) is 0.851. The van der Waals surface area contributed by atoms with Crippen LogP contribution in [0.5, 0.6) is 0 Å². The first kappa shape index (κ1) is 14.6. The van der Waals surface area contributed by atoms with Crippen molar-refractivity contribution in [1.82, 2.24) is 24.6 Å². The average Bonchev–Trinajstić information content (AvgIpc) is 3.09. The molecule has 1 fully saturated rings. The smallest absolute Gasteiger partial charge is 0.257 e. The molecule has 1 amide bonds. The second kappa shape index (κ2) is 6.65. The summed E-state index contributed by atoms with van der Waals surface area (Å²) >= 11 is 0. The topological polar surface area (TPSA) is 73.1 Å². The number of nitrogens with zero attached hydrogens (tertiary/aromatic N) is 5. The fourth-order valence-electron chi connectivity index (χ4n) is 2.73. The molecule has 0 radical (unpaired) electrons. The van der Waals surface area contributed by atoms with Crippen LogP contribution >= 0.6 is 0 Å². The number of carbonyl (C=O) groups is 1. The Morgan fingerprint density at radius 2 is 2.41 bits per heavy atom. The Hall–Kier alpha value is -2.28. The van der Waals surface area contributed by atoms with Crippen molar-refractivity contribution in [3.05, 3.63) is 36.5 Å². The second-order valence-corrected chi connectivity index (χ2v) is 5.19. The molecule has 3 rings (SSSR count). The Balaban J connectivity index is 1.83. The first-order valence-electron chi connectivity index (χ1n) is 7.50. The van der Waals surface area contributed by atoms with E-state index in [2.05, 4.69) is 15.1 Å². The van der Waals surface area contributed by atoms with E-state index in [0.717, 1.165) is 19.4 Å². The van der Waals surface area contributed by atoms with Gasteiger partial charge < -0.3 is 9.64 Å². The van der Waals surface area contributed by atoms with Crippen LogP contribution in [0.1, 0.15) is 30.1 Å². The van der Waals surface area contributed by atoms with Gasteiger partial charge in [-0.3, -0.25) is 4.79 Å². The summed E-state index contributed by atoms with van der Waals surface area (Å²) in [5.74, 6) is 0.464. The summed E-state index contributed by atoms with van der Waals surface area (Å²) in [6.45, 7) is 4.01. The van der Waals surface area contributed by atoms with Gasteiger partial charge in [-0.2, -0.15) is 5.10 Å². The Morgan fingerprint density at radius 3 is 3.18 bits per heavy atom. The predicted molar refractivity (Wildman–Crippen MR) is 79.7 cm³/mol. The molecule has 1 aliphatic rings. The molecule has 1 aliphatic heterocycles. The van der Waals surface area contributed by atoms with E-state index in [1.54, 1.807) is 18.3 Å². The van der Waals surface area contributed by atoms with Gasteiger partial charge in [0.05, 0.1) is 11.7 Å². The van der Waals surface area contributed by atoms with Crippen LogP contribution in [0.2, 0.25) is 0 Å². The van der Waals surface area contributed by atoms with E-state index in [9.17, 15) is 4.79 Å². The van der Waals surface area contributed by atoms with Crippen molar-refractivity contribution in [2.75, 3.05) is 19.7 Å². The lowest BCUT2D eigenvalue weighted by atomic mass is 10.1. The molecule has 3 heterocycles. The van der Waals surface area contributed by atoms with Crippen LogP contribution in [-0.2, 0) is 4.74 Å². The summed E-state index contributed by atoms with van der Waals surface area (Å²) in [4.78, 5) is 22.9. The van der Waals surface area contributed by atoms with Crippen LogP contribution in [-0.4, -0.2) is 56.4 Å². The number of likely N-dealkylation sites (tertiary alicyclic amines) is 1. The van der Waals surface area contributed by atoms with E-state index in [1.165, 1.54) is 17.3 Å². The maximum absolute atomic E-state index is 12.8. The summed E-state index contributed by atoms with van der Waals surface area (Å²) in [5.41, 5.74) is 0.533. The molecule has 1 atom stereocenters. The lowest BCUT2D eigenvalue weighted by Gasteiger charge is -2.32. The molecular formula is C15H19N5O2. The van der Waals surface area contributed by atoms with Crippen LogP contribution in [0.15, 0.2) is 31.0 Å². The molecule has 0 spiro atoms. The molecule has 0 aromatic carbocycles. The summed E-state index contributed by atoms with van der Waals surface area (Å²) < 4.78 is 7.18. The summed E-state index contributed by atoms with van der Waals surface area (Å²) in [7, 11) is 0. The van der Waals surface area contributed by atoms with Crippen molar-refractivity contribution < 1.29 is 9.53 Å². The third-order valence-corrected chi connectivity index (χ3v) is 3.72. The van der Waals surface area contributed by atoms with Crippen LogP contribution in [0.4, 0.5) is 0 Å². The molecule has 2 aromatic rings. The Bertz CT molecular complexity index is 627. The standard InChI is InChI=1S/C15H19N5O2/c1-2-22-12-5-4-8-19(9-12)15(21)13-6-3-7-17-14(13)20-11-16-10-18-20/h3,6-7,10-12H,2,4-5,8-9H2,1H3. The van der Waals surface area contributed by atoms with E-state index < -0.39 is 0 Å². The van der Waals surface area contributed by atoms with Crippen LogP contribution in [0.25, 0.3) is 5.82 Å². The lowest BCUT2D eigenvalue weighted by molar-refractivity contribution is 0.00722. The fraction of sp³-hybridized carbons (Fsp3) is 0.467. The normalized spacial score (nSPS) is 18.4. The number of hydrogen-bond donors (Lipinski definition) is 0. The number of amides is 1. The van der Waals surface area contributed by atoms with Gasteiger partial charge in [-0.1, -0.05) is 0 Å². The van der Waals surface area contributed by atoms with Gasteiger partial charge in [0, 0.05) is 25.9 Å². The Morgan fingerprint density at radius 1 is 1.50 bits per heavy atom. The zero-order valence-electron chi connectivity index (χ0n) is 12.6. The van der Waals surface area contributed by atoms with Gasteiger partial charge >= 0.3 is 0 Å². The van der Waals surface area contributed by atoms with Gasteiger partial charge in [0.1, 0.15) is 12.7 Å². The van der Waals surface area contributed by atoms with Crippen LogP contribution < -0.4 is 0 Å². The number of piperidine rings is 1.